The Hall–Kier alpha value is -3.15. The molecule has 1 heterocycles. The lowest BCUT2D eigenvalue weighted by atomic mass is 10.2. The van der Waals surface area contributed by atoms with Gasteiger partial charge in [0.2, 0.25) is 0 Å². The Morgan fingerprint density at radius 1 is 1.07 bits per heavy atom. The van der Waals surface area contributed by atoms with Crippen molar-refractivity contribution in [3.8, 4) is 0 Å². The van der Waals surface area contributed by atoms with E-state index in [1.807, 2.05) is 42.8 Å². The maximum Gasteiger partial charge on any atom is 0.322 e. The predicted octanol–water partition coefficient (Wildman–Crippen LogP) is 5.50. The minimum Gasteiger partial charge on any atom is -0.345 e. The Morgan fingerprint density at radius 2 is 1.86 bits per heavy atom. The lowest BCUT2D eigenvalue weighted by molar-refractivity contribution is 0.200. The van der Waals surface area contributed by atoms with Crippen molar-refractivity contribution in [2.75, 3.05) is 11.9 Å². The molecule has 152 valence electrons. The summed E-state index contributed by atoms with van der Waals surface area (Å²) in [7, 11) is 0. The van der Waals surface area contributed by atoms with Crippen LogP contribution in [0.4, 0.5) is 19.3 Å². The maximum absolute atomic E-state index is 13.9. The number of anilines is 1. The van der Waals surface area contributed by atoms with Gasteiger partial charge in [-0.3, -0.25) is 0 Å². The van der Waals surface area contributed by atoms with Crippen LogP contribution in [0.2, 0.25) is 0 Å². The summed E-state index contributed by atoms with van der Waals surface area (Å²) in [5, 5.41) is 2.66. The third-order valence-electron chi connectivity index (χ3n) is 4.51. The van der Waals surface area contributed by atoms with Gasteiger partial charge < -0.3 is 14.8 Å². The highest BCUT2D eigenvalue weighted by atomic mass is 19.1. The van der Waals surface area contributed by atoms with E-state index in [9.17, 15) is 13.6 Å². The van der Waals surface area contributed by atoms with Gasteiger partial charge in [-0.05, 0) is 47.9 Å². The van der Waals surface area contributed by atoms with E-state index >= 15 is 0 Å². The van der Waals surface area contributed by atoms with Crippen LogP contribution in [0.15, 0.2) is 66.9 Å². The molecule has 29 heavy (non-hydrogen) atoms. The van der Waals surface area contributed by atoms with Gasteiger partial charge in [0.05, 0.1) is 12.2 Å². The molecule has 0 bridgehead atoms. The van der Waals surface area contributed by atoms with Crippen molar-refractivity contribution >= 4 is 11.7 Å². The normalized spacial score (nSPS) is 10.9. The van der Waals surface area contributed by atoms with Gasteiger partial charge in [0.15, 0.2) is 0 Å². The largest absolute Gasteiger partial charge is 0.345 e. The number of hydrogen-bond donors (Lipinski definition) is 1. The summed E-state index contributed by atoms with van der Waals surface area (Å²) < 4.78 is 29.4. The van der Waals surface area contributed by atoms with E-state index in [1.165, 1.54) is 24.3 Å². The molecule has 4 nitrogen and oxygen atoms in total. The molecule has 0 fully saturated rings. The topological polar surface area (TPSA) is 37.3 Å². The van der Waals surface area contributed by atoms with Crippen LogP contribution in [-0.2, 0) is 13.1 Å². The average molecular weight is 397 g/mol. The third kappa shape index (κ3) is 5.67. The monoisotopic (exact) mass is 397 g/mol. The van der Waals surface area contributed by atoms with Crippen molar-refractivity contribution in [3.05, 3.63) is 89.8 Å². The molecule has 0 aliphatic rings. The zero-order valence-electron chi connectivity index (χ0n) is 16.6. The Balaban J connectivity index is 1.76. The number of carbonyl (C=O) groups excluding carboxylic acids is 1. The molecule has 3 rings (SSSR count). The molecule has 0 radical (unpaired) electrons. The second kappa shape index (κ2) is 9.37. The van der Waals surface area contributed by atoms with E-state index < -0.39 is 5.82 Å². The first-order valence-electron chi connectivity index (χ1n) is 9.61. The average Bonchev–Trinajstić information content (AvgIpc) is 3.09. The number of benzene rings is 2. The molecular weight excluding hydrogens is 372 g/mol. The van der Waals surface area contributed by atoms with Gasteiger partial charge in [0.25, 0.3) is 0 Å². The number of rotatable bonds is 7. The Kier molecular flexibility index (Phi) is 6.65. The van der Waals surface area contributed by atoms with E-state index in [1.54, 1.807) is 23.1 Å². The predicted molar refractivity (Wildman–Crippen MR) is 111 cm³/mol. The van der Waals surface area contributed by atoms with E-state index in [-0.39, 0.29) is 23.5 Å². The minimum atomic E-state index is -0.472. The highest BCUT2D eigenvalue weighted by Gasteiger charge is 2.18. The lowest BCUT2D eigenvalue weighted by Gasteiger charge is -2.26. The van der Waals surface area contributed by atoms with E-state index in [0.717, 1.165) is 11.3 Å². The Bertz CT molecular complexity index is 968. The van der Waals surface area contributed by atoms with Gasteiger partial charge in [0, 0.05) is 25.0 Å². The number of carbonyl (C=O) groups is 1. The summed E-state index contributed by atoms with van der Waals surface area (Å²) in [5.74, 6) is -0.505. The smallest absolute Gasteiger partial charge is 0.322 e. The molecule has 0 spiro atoms. The second-order valence-corrected chi connectivity index (χ2v) is 7.44. The zero-order chi connectivity index (χ0) is 20.8. The molecule has 0 saturated carbocycles. The quantitative estimate of drug-likeness (QED) is 0.561. The molecule has 0 atom stereocenters. The Morgan fingerprint density at radius 3 is 2.59 bits per heavy atom. The van der Waals surface area contributed by atoms with Crippen molar-refractivity contribution < 1.29 is 13.6 Å². The first-order chi connectivity index (χ1) is 13.9. The van der Waals surface area contributed by atoms with Crippen LogP contribution in [0.1, 0.15) is 25.1 Å². The minimum absolute atomic E-state index is 0.154. The van der Waals surface area contributed by atoms with Crippen molar-refractivity contribution in [1.82, 2.24) is 9.47 Å². The van der Waals surface area contributed by atoms with Gasteiger partial charge in [-0.15, -0.1) is 0 Å². The molecule has 2 amide bonds. The fraction of sp³-hybridized carbons (Fsp3) is 0.261. The second-order valence-electron chi connectivity index (χ2n) is 7.44. The highest BCUT2D eigenvalue weighted by Crippen LogP contribution is 2.16. The van der Waals surface area contributed by atoms with Gasteiger partial charge >= 0.3 is 6.03 Å². The van der Waals surface area contributed by atoms with Crippen LogP contribution in [-0.4, -0.2) is 22.0 Å². The van der Waals surface area contributed by atoms with Crippen LogP contribution in [0.5, 0.6) is 0 Å². The number of nitrogens with zero attached hydrogens (tertiary/aromatic N) is 2. The van der Waals surface area contributed by atoms with Gasteiger partial charge in [0.1, 0.15) is 11.6 Å². The summed E-state index contributed by atoms with van der Waals surface area (Å²) in [5.41, 5.74) is 1.91. The first-order valence-corrected chi connectivity index (χ1v) is 9.61. The molecule has 0 aliphatic carbocycles. The summed E-state index contributed by atoms with van der Waals surface area (Å²) in [6, 6.07) is 16.0. The molecule has 0 unspecified atom stereocenters. The summed E-state index contributed by atoms with van der Waals surface area (Å²) in [6.45, 7) is 5.43. The maximum atomic E-state index is 13.9. The number of nitrogens with one attached hydrogen (secondary N) is 1. The Labute approximate surface area is 169 Å². The SMILES string of the molecule is CC(C)CN(Cc1cccn1Cc1cccc(F)c1)C(=O)Nc1ccccc1F. The molecule has 3 aromatic rings. The highest BCUT2D eigenvalue weighted by molar-refractivity contribution is 5.89. The van der Waals surface area contributed by atoms with Crippen LogP contribution in [0.25, 0.3) is 0 Å². The van der Waals surface area contributed by atoms with Crippen molar-refractivity contribution in [2.45, 2.75) is 26.9 Å². The van der Waals surface area contributed by atoms with Crippen molar-refractivity contribution in [3.63, 3.8) is 0 Å². The van der Waals surface area contributed by atoms with Gasteiger partial charge in [-0.25, -0.2) is 13.6 Å². The van der Waals surface area contributed by atoms with Gasteiger partial charge in [-0.2, -0.15) is 0 Å². The molecular formula is C23H25F2N3O. The lowest BCUT2D eigenvalue weighted by Crippen LogP contribution is -2.37. The number of aromatic nitrogens is 1. The number of para-hydroxylation sites is 1. The summed E-state index contributed by atoms with van der Waals surface area (Å²) in [4.78, 5) is 14.5. The van der Waals surface area contributed by atoms with Crippen molar-refractivity contribution in [2.24, 2.45) is 5.92 Å². The molecule has 1 N–H and O–H groups in total. The van der Waals surface area contributed by atoms with Crippen LogP contribution in [0, 0.1) is 17.6 Å². The number of hydrogen-bond acceptors (Lipinski definition) is 1. The summed E-state index contributed by atoms with van der Waals surface area (Å²) >= 11 is 0. The fourth-order valence-electron chi connectivity index (χ4n) is 3.19. The molecule has 1 aromatic heterocycles. The first kappa shape index (κ1) is 20.6. The number of urea groups is 1. The molecule has 2 aromatic carbocycles. The van der Waals surface area contributed by atoms with Crippen LogP contribution in [0.3, 0.4) is 0 Å². The van der Waals surface area contributed by atoms with E-state index in [0.29, 0.717) is 19.6 Å². The summed E-state index contributed by atoms with van der Waals surface area (Å²) in [6.07, 6.45) is 1.91. The van der Waals surface area contributed by atoms with E-state index in [4.69, 9.17) is 0 Å². The molecule has 0 aliphatic heterocycles. The number of halogens is 2. The molecule has 6 heteroatoms. The third-order valence-corrected chi connectivity index (χ3v) is 4.51. The van der Waals surface area contributed by atoms with E-state index in [2.05, 4.69) is 5.32 Å². The van der Waals surface area contributed by atoms with Gasteiger partial charge in [-0.1, -0.05) is 38.1 Å². The standard InChI is InChI=1S/C23H25F2N3O/c1-17(2)14-28(23(29)26-22-11-4-3-10-21(22)25)16-20-9-6-12-27(20)15-18-7-5-8-19(24)13-18/h3-13,17H,14-16H2,1-2H3,(H,26,29). The van der Waals surface area contributed by atoms with Crippen molar-refractivity contribution in [1.29, 1.82) is 0 Å². The number of amides is 2. The van der Waals surface area contributed by atoms with Crippen LogP contribution >= 0.6 is 0 Å². The van der Waals surface area contributed by atoms with Crippen LogP contribution < -0.4 is 5.32 Å². The zero-order valence-corrected chi connectivity index (χ0v) is 16.6. The molecule has 0 saturated heterocycles. The fourth-order valence-corrected chi connectivity index (χ4v) is 3.19.